The zero-order valence-corrected chi connectivity index (χ0v) is 15.1. The highest BCUT2D eigenvalue weighted by molar-refractivity contribution is 5.91. The van der Waals surface area contributed by atoms with Crippen LogP contribution < -0.4 is 11.1 Å². The van der Waals surface area contributed by atoms with Crippen LogP contribution in [0.2, 0.25) is 0 Å². The van der Waals surface area contributed by atoms with E-state index in [1.807, 2.05) is 7.05 Å². The molecule has 134 valence electrons. The van der Waals surface area contributed by atoms with E-state index in [4.69, 9.17) is 10.5 Å². The predicted octanol–water partition coefficient (Wildman–Crippen LogP) is 2.87. The molecule has 0 radical (unpaired) electrons. The van der Waals surface area contributed by atoms with Crippen LogP contribution in [-0.2, 0) is 9.53 Å². The predicted molar refractivity (Wildman–Crippen MR) is 94.3 cm³/mol. The van der Waals surface area contributed by atoms with Crippen molar-refractivity contribution < 1.29 is 13.9 Å². The summed E-state index contributed by atoms with van der Waals surface area (Å²) in [6, 6.07) is 4.49. The molecule has 1 aromatic rings. The zero-order chi connectivity index (χ0) is 18.1. The van der Waals surface area contributed by atoms with Crippen molar-refractivity contribution in [1.82, 2.24) is 4.90 Å². The number of halogens is 1. The molecule has 2 atom stereocenters. The summed E-state index contributed by atoms with van der Waals surface area (Å²) < 4.78 is 19.3. The van der Waals surface area contributed by atoms with Crippen molar-refractivity contribution in [2.24, 2.45) is 5.41 Å². The Labute approximate surface area is 143 Å². The van der Waals surface area contributed by atoms with E-state index in [1.165, 1.54) is 18.2 Å². The van der Waals surface area contributed by atoms with Gasteiger partial charge in [-0.15, -0.1) is 0 Å². The number of amides is 1. The Morgan fingerprint density at radius 3 is 2.71 bits per heavy atom. The van der Waals surface area contributed by atoms with Gasteiger partial charge in [-0.3, -0.25) is 4.79 Å². The molecule has 0 aromatic heterocycles. The first kappa shape index (κ1) is 18.7. The Morgan fingerprint density at radius 2 is 2.12 bits per heavy atom. The largest absolute Gasteiger partial charge is 0.399 e. The molecular formula is C18H28FN3O2. The van der Waals surface area contributed by atoms with Gasteiger partial charge in [-0.25, -0.2) is 4.39 Å². The number of hydrogen-bond acceptors (Lipinski definition) is 4. The maximum absolute atomic E-state index is 13.7. The molecule has 1 fully saturated rings. The maximum atomic E-state index is 13.7. The van der Waals surface area contributed by atoms with Crippen molar-refractivity contribution in [3.63, 3.8) is 0 Å². The Hall–Kier alpha value is -1.66. The lowest BCUT2D eigenvalue weighted by Gasteiger charge is -2.61. The number of carbonyl (C=O) groups excluding carboxylic acids is 1. The number of nitrogen functional groups attached to an aromatic ring is 1. The number of hydrogen-bond donors (Lipinski definition) is 2. The van der Waals surface area contributed by atoms with Gasteiger partial charge in [0.1, 0.15) is 5.82 Å². The third kappa shape index (κ3) is 3.39. The van der Waals surface area contributed by atoms with E-state index in [0.29, 0.717) is 24.7 Å². The molecule has 6 heteroatoms. The van der Waals surface area contributed by atoms with Gasteiger partial charge >= 0.3 is 0 Å². The first-order valence-electron chi connectivity index (χ1n) is 8.21. The van der Waals surface area contributed by atoms with Gasteiger partial charge in [0.05, 0.1) is 11.3 Å². The van der Waals surface area contributed by atoms with Gasteiger partial charge in [0.15, 0.2) is 0 Å². The number of ether oxygens (including phenoxy) is 1. The molecule has 3 N–H and O–H groups in total. The topological polar surface area (TPSA) is 67.6 Å². The molecular weight excluding hydrogens is 309 g/mol. The summed E-state index contributed by atoms with van der Waals surface area (Å²) in [4.78, 5) is 14.3. The van der Waals surface area contributed by atoms with Crippen molar-refractivity contribution in [3.8, 4) is 0 Å². The van der Waals surface area contributed by atoms with Crippen molar-refractivity contribution in [1.29, 1.82) is 0 Å². The molecule has 5 nitrogen and oxygen atoms in total. The third-order valence-corrected chi connectivity index (χ3v) is 5.72. The minimum atomic E-state index is -0.484. The summed E-state index contributed by atoms with van der Waals surface area (Å²) in [7, 11) is 3.75. The van der Waals surface area contributed by atoms with Crippen LogP contribution in [0.25, 0.3) is 0 Å². The molecule has 0 bridgehead atoms. The average Bonchev–Trinajstić information content (AvgIpc) is 2.53. The molecule has 1 amide bonds. The van der Waals surface area contributed by atoms with Crippen LogP contribution in [0, 0.1) is 11.2 Å². The number of carbonyl (C=O) groups is 1. The smallest absolute Gasteiger partial charge is 0.225 e. The van der Waals surface area contributed by atoms with Gasteiger partial charge in [0.2, 0.25) is 5.91 Å². The van der Waals surface area contributed by atoms with Crippen molar-refractivity contribution in [3.05, 3.63) is 24.0 Å². The van der Waals surface area contributed by atoms with Crippen LogP contribution in [0.3, 0.4) is 0 Å². The van der Waals surface area contributed by atoms with Gasteiger partial charge in [0, 0.05) is 37.2 Å². The molecule has 0 spiro atoms. The second-order valence-corrected chi connectivity index (χ2v) is 7.39. The minimum absolute atomic E-state index is 0.00691. The normalized spacial score (nSPS) is 25.4. The maximum Gasteiger partial charge on any atom is 0.225 e. The van der Waals surface area contributed by atoms with Crippen LogP contribution in [-0.4, -0.2) is 43.2 Å². The number of nitrogens with one attached hydrogen (secondary N) is 1. The van der Waals surface area contributed by atoms with Gasteiger partial charge in [-0.2, -0.15) is 0 Å². The van der Waals surface area contributed by atoms with Gasteiger partial charge in [0.25, 0.3) is 0 Å². The summed E-state index contributed by atoms with van der Waals surface area (Å²) in [5, 5.41) is 2.58. The van der Waals surface area contributed by atoms with Crippen LogP contribution >= 0.6 is 0 Å². The summed E-state index contributed by atoms with van der Waals surface area (Å²) in [5.74, 6) is -0.708. The fourth-order valence-corrected chi connectivity index (χ4v) is 3.45. The van der Waals surface area contributed by atoms with E-state index in [2.05, 4.69) is 31.0 Å². The molecule has 0 aliphatic heterocycles. The van der Waals surface area contributed by atoms with E-state index in [1.54, 1.807) is 7.11 Å². The number of rotatable bonds is 6. The SMILES string of the molecule is CO[C@]1(C)C[C@@H](N(C)CCC(=O)Nc2cc(N)ccc2F)C1(C)C. The molecule has 1 aliphatic carbocycles. The zero-order valence-electron chi connectivity index (χ0n) is 15.1. The van der Waals surface area contributed by atoms with Crippen molar-refractivity contribution >= 4 is 17.3 Å². The highest BCUT2D eigenvalue weighted by Crippen LogP contribution is 2.53. The molecule has 1 aliphatic rings. The molecule has 0 unspecified atom stereocenters. The fourth-order valence-electron chi connectivity index (χ4n) is 3.45. The van der Waals surface area contributed by atoms with Crippen LogP contribution in [0.1, 0.15) is 33.6 Å². The number of benzene rings is 1. The Bertz CT molecular complexity index is 620. The quantitative estimate of drug-likeness (QED) is 0.783. The van der Waals surface area contributed by atoms with Gasteiger partial charge in [-0.05, 0) is 38.6 Å². The third-order valence-electron chi connectivity index (χ3n) is 5.72. The molecule has 24 heavy (non-hydrogen) atoms. The van der Waals surface area contributed by atoms with E-state index in [9.17, 15) is 9.18 Å². The molecule has 2 rings (SSSR count). The van der Waals surface area contributed by atoms with Crippen LogP contribution in [0.5, 0.6) is 0 Å². The number of nitrogens with zero attached hydrogens (tertiary/aromatic N) is 1. The minimum Gasteiger partial charge on any atom is -0.399 e. The number of anilines is 2. The van der Waals surface area contributed by atoms with E-state index >= 15 is 0 Å². The van der Waals surface area contributed by atoms with E-state index < -0.39 is 5.82 Å². The Morgan fingerprint density at radius 1 is 1.46 bits per heavy atom. The fraction of sp³-hybridized carbons (Fsp3) is 0.611. The van der Waals surface area contributed by atoms with Crippen LogP contribution in [0.15, 0.2) is 18.2 Å². The highest BCUT2D eigenvalue weighted by Gasteiger charge is 2.58. The van der Waals surface area contributed by atoms with Crippen molar-refractivity contribution in [2.45, 2.75) is 45.3 Å². The second-order valence-electron chi connectivity index (χ2n) is 7.39. The summed E-state index contributed by atoms with van der Waals surface area (Å²) in [5.41, 5.74) is 6.03. The Balaban J connectivity index is 1.87. The number of nitrogens with two attached hydrogens (primary N) is 1. The van der Waals surface area contributed by atoms with Crippen LogP contribution in [0.4, 0.5) is 15.8 Å². The molecule has 0 saturated heterocycles. The van der Waals surface area contributed by atoms with E-state index in [-0.39, 0.29) is 22.6 Å². The first-order chi connectivity index (χ1) is 11.1. The summed E-state index contributed by atoms with van der Waals surface area (Å²) in [6.07, 6.45) is 1.22. The lowest BCUT2D eigenvalue weighted by Crippen LogP contribution is -2.68. The second kappa shape index (κ2) is 6.69. The first-order valence-corrected chi connectivity index (χ1v) is 8.21. The Kier molecular flexibility index (Phi) is 5.20. The molecule has 1 aromatic carbocycles. The summed E-state index contributed by atoms with van der Waals surface area (Å²) >= 11 is 0. The van der Waals surface area contributed by atoms with E-state index in [0.717, 1.165) is 6.42 Å². The number of methoxy groups -OCH3 is 1. The molecule has 0 heterocycles. The standard InChI is InChI=1S/C18H28FN3O2/c1-17(2)15(11-18(17,3)24-5)22(4)9-8-16(23)21-14-10-12(20)6-7-13(14)19/h6-7,10,15H,8-9,11,20H2,1-5H3,(H,21,23)/t15-,18-/m1/s1. The molecule has 1 saturated carbocycles. The monoisotopic (exact) mass is 337 g/mol. The lowest BCUT2D eigenvalue weighted by molar-refractivity contribution is -0.205. The summed E-state index contributed by atoms with van der Waals surface area (Å²) in [6.45, 7) is 7.09. The average molecular weight is 337 g/mol. The van der Waals surface area contributed by atoms with Crippen molar-refractivity contribution in [2.75, 3.05) is 31.8 Å². The highest BCUT2D eigenvalue weighted by atomic mass is 19.1. The van der Waals surface area contributed by atoms with Gasteiger partial charge < -0.3 is 20.7 Å². The lowest BCUT2D eigenvalue weighted by atomic mass is 9.55. The van der Waals surface area contributed by atoms with Gasteiger partial charge in [-0.1, -0.05) is 13.8 Å².